The van der Waals surface area contributed by atoms with Gasteiger partial charge < -0.3 is 9.47 Å². The third-order valence-corrected chi connectivity index (χ3v) is 2.23. The quantitative estimate of drug-likeness (QED) is 0.507. The van der Waals surface area contributed by atoms with Crippen LogP contribution >= 0.6 is 0 Å². The minimum absolute atomic E-state index is 0.203. The monoisotopic (exact) mass is 324 g/mol. The molecule has 8 heteroatoms. The van der Waals surface area contributed by atoms with E-state index in [4.69, 9.17) is 14.4 Å². The molecule has 0 spiro atoms. The van der Waals surface area contributed by atoms with Gasteiger partial charge in [-0.1, -0.05) is 0 Å². The van der Waals surface area contributed by atoms with E-state index in [1.807, 2.05) is 0 Å². The van der Waals surface area contributed by atoms with Gasteiger partial charge in [0.2, 0.25) is 0 Å². The van der Waals surface area contributed by atoms with Crippen LogP contribution in [0.3, 0.4) is 0 Å². The predicted octanol–water partition coefficient (Wildman–Crippen LogP) is 2.41. The summed E-state index contributed by atoms with van der Waals surface area (Å²) in [6, 6.07) is 4.80. The minimum atomic E-state index is -0.690. The van der Waals surface area contributed by atoms with Gasteiger partial charge in [-0.15, -0.1) is 0 Å². The van der Waals surface area contributed by atoms with E-state index in [1.54, 1.807) is 32.9 Å². The first-order valence-corrected chi connectivity index (χ1v) is 6.76. The van der Waals surface area contributed by atoms with Crippen molar-refractivity contribution >= 4 is 18.3 Å². The molecule has 1 N–H and O–H groups in total. The average molecular weight is 324 g/mol. The van der Waals surface area contributed by atoms with Crippen LogP contribution in [0.2, 0.25) is 0 Å². The third-order valence-electron chi connectivity index (χ3n) is 2.23. The van der Waals surface area contributed by atoms with Crippen molar-refractivity contribution in [3.8, 4) is 11.5 Å². The molecule has 0 aliphatic rings. The van der Waals surface area contributed by atoms with E-state index in [-0.39, 0.29) is 5.75 Å². The van der Waals surface area contributed by atoms with Gasteiger partial charge in [-0.25, -0.2) is 15.0 Å². The highest BCUT2D eigenvalue weighted by Crippen LogP contribution is 2.23. The van der Waals surface area contributed by atoms with Gasteiger partial charge in [0.25, 0.3) is 0 Å². The molecule has 0 saturated heterocycles. The van der Waals surface area contributed by atoms with Crippen LogP contribution < -0.4 is 15.1 Å². The Morgan fingerprint density at radius 3 is 2.52 bits per heavy atom. The smallest absolute Gasteiger partial charge is 0.428 e. The van der Waals surface area contributed by atoms with Gasteiger partial charge in [0.15, 0.2) is 5.75 Å². The number of rotatable bonds is 5. The van der Waals surface area contributed by atoms with E-state index in [9.17, 15) is 9.59 Å². The second kappa shape index (κ2) is 8.02. The summed E-state index contributed by atoms with van der Waals surface area (Å²) in [7, 11) is 1.49. The summed E-state index contributed by atoms with van der Waals surface area (Å²) in [6.07, 6.45) is 0.632. The van der Waals surface area contributed by atoms with Gasteiger partial charge in [0.1, 0.15) is 11.4 Å². The number of carbonyl (C=O) groups is 2. The van der Waals surface area contributed by atoms with E-state index in [2.05, 4.69) is 15.4 Å². The van der Waals surface area contributed by atoms with Gasteiger partial charge in [-0.2, -0.15) is 5.10 Å². The highest BCUT2D eigenvalue weighted by Gasteiger charge is 2.15. The molecule has 0 aromatic heterocycles. The lowest BCUT2D eigenvalue weighted by Gasteiger charge is -2.18. The van der Waals surface area contributed by atoms with Crippen LogP contribution in [0, 0.1) is 0 Å². The lowest BCUT2D eigenvalue weighted by atomic mass is 10.2. The van der Waals surface area contributed by atoms with Gasteiger partial charge in [-0.3, -0.25) is 9.78 Å². The number of nitrogens with zero attached hydrogens (tertiary/aromatic N) is 1. The Bertz CT molecular complexity index is 592. The second-order valence-corrected chi connectivity index (χ2v) is 5.43. The first kappa shape index (κ1) is 18.3. The summed E-state index contributed by atoms with van der Waals surface area (Å²) < 4.78 is 10.1. The molecule has 1 rings (SSSR count). The highest BCUT2D eigenvalue weighted by atomic mass is 17.2. The molecule has 0 fully saturated rings. The molecule has 1 amide bonds. The number of benzene rings is 1. The van der Waals surface area contributed by atoms with Crippen molar-refractivity contribution in [3.63, 3.8) is 0 Å². The van der Waals surface area contributed by atoms with Crippen molar-refractivity contribution < 1.29 is 28.8 Å². The standard InChI is InChI=1S/C15H20N2O6/c1-10(18)22-23-13-8-12(20-5)7-6-11(13)9-16-17-14(19)21-15(2,3)4/h6-9H,1-5H3,(H,17,19). The molecule has 0 unspecified atom stereocenters. The normalized spacial score (nSPS) is 11.0. The molecule has 1 aromatic carbocycles. The van der Waals surface area contributed by atoms with Crippen molar-refractivity contribution in [1.82, 2.24) is 5.43 Å². The number of amides is 1. The molecule has 126 valence electrons. The molecule has 8 nitrogen and oxygen atoms in total. The van der Waals surface area contributed by atoms with Crippen LogP contribution in [0.5, 0.6) is 11.5 Å². The van der Waals surface area contributed by atoms with Crippen LogP contribution in [0.25, 0.3) is 0 Å². The first-order chi connectivity index (χ1) is 10.7. The highest BCUT2D eigenvalue weighted by molar-refractivity contribution is 5.84. The summed E-state index contributed by atoms with van der Waals surface area (Å²) >= 11 is 0. The molecule has 0 aliphatic carbocycles. The average Bonchev–Trinajstić information content (AvgIpc) is 2.43. The van der Waals surface area contributed by atoms with E-state index in [0.717, 1.165) is 0 Å². The molecule has 0 heterocycles. The van der Waals surface area contributed by atoms with Crippen LogP contribution in [-0.2, 0) is 14.4 Å². The van der Waals surface area contributed by atoms with Crippen LogP contribution in [0.1, 0.15) is 33.3 Å². The summed E-state index contributed by atoms with van der Waals surface area (Å²) in [5.41, 5.74) is 2.06. The Morgan fingerprint density at radius 2 is 1.96 bits per heavy atom. The Balaban J connectivity index is 2.79. The molecule has 1 aromatic rings. The third kappa shape index (κ3) is 7.16. The molecule has 0 bridgehead atoms. The summed E-state index contributed by atoms with van der Waals surface area (Å²) in [6.45, 7) is 6.43. The fourth-order valence-corrected chi connectivity index (χ4v) is 1.38. The maximum Gasteiger partial charge on any atom is 0.428 e. The van der Waals surface area contributed by atoms with Crippen molar-refractivity contribution in [2.45, 2.75) is 33.3 Å². The number of carbonyl (C=O) groups excluding carboxylic acids is 2. The van der Waals surface area contributed by atoms with Gasteiger partial charge in [-0.05, 0) is 32.9 Å². The zero-order valence-corrected chi connectivity index (χ0v) is 13.7. The zero-order valence-electron chi connectivity index (χ0n) is 13.7. The van der Waals surface area contributed by atoms with Crippen LogP contribution in [-0.4, -0.2) is 31.0 Å². The minimum Gasteiger partial charge on any atom is -0.497 e. The predicted molar refractivity (Wildman–Crippen MR) is 82.4 cm³/mol. The summed E-state index contributed by atoms with van der Waals surface area (Å²) in [5.74, 6) is 0.0984. The maximum atomic E-state index is 11.5. The number of hydrogen-bond donors (Lipinski definition) is 1. The van der Waals surface area contributed by atoms with Crippen molar-refractivity contribution in [3.05, 3.63) is 23.8 Å². The SMILES string of the molecule is COc1ccc(C=NNC(=O)OC(C)(C)C)c(OOC(C)=O)c1. The van der Waals surface area contributed by atoms with Gasteiger partial charge >= 0.3 is 12.1 Å². The number of methoxy groups -OCH3 is 1. The Hall–Kier alpha value is -2.77. The van der Waals surface area contributed by atoms with Crippen molar-refractivity contribution in [2.24, 2.45) is 5.10 Å². The van der Waals surface area contributed by atoms with Crippen molar-refractivity contribution in [1.29, 1.82) is 0 Å². The number of nitrogens with one attached hydrogen (secondary N) is 1. The number of hydrogen-bond acceptors (Lipinski definition) is 7. The number of ether oxygens (including phenoxy) is 2. The first-order valence-electron chi connectivity index (χ1n) is 6.76. The van der Waals surface area contributed by atoms with E-state index in [1.165, 1.54) is 26.3 Å². The molecular formula is C15H20N2O6. The molecular weight excluding hydrogens is 304 g/mol. The van der Waals surface area contributed by atoms with Crippen LogP contribution in [0.15, 0.2) is 23.3 Å². The largest absolute Gasteiger partial charge is 0.497 e. The molecule has 0 aliphatic heterocycles. The van der Waals surface area contributed by atoms with E-state index in [0.29, 0.717) is 11.3 Å². The lowest BCUT2D eigenvalue weighted by molar-refractivity contribution is -0.210. The summed E-state index contributed by atoms with van der Waals surface area (Å²) in [5, 5.41) is 3.76. The Morgan fingerprint density at radius 1 is 1.26 bits per heavy atom. The van der Waals surface area contributed by atoms with E-state index >= 15 is 0 Å². The molecule has 0 atom stereocenters. The van der Waals surface area contributed by atoms with Gasteiger partial charge in [0, 0.05) is 18.6 Å². The molecule has 23 heavy (non-hydrogen) atoms. The molecule has 0 radical (unpaired) electrons. The Labute approximate surface area is 134 Å². The maximum absolute atomic E-state index is 11.5. The topological polar surface area (TPSA) is 95.5 Å². The Kier molecular flexibility index (Phi) is 6.37. The molecule has 0 saturated carbocycles. The van der Waals surface area contributed by atoms with Gasteiger partial charge in [0.05, 0.1) is 13.3 Å². The second-order valence-electron chi connectivity index (χ2n) is 5.43. The van der Waals surface area contributed by atoms with E-state index < -0.39 is 17.7 Å². The number of hydrazone groups is 1. The fourth-order valence-electron chi connectivity index (χ4n) is 1.38. The zero-order chi connectivity index (χ0) is 17.5. The van der Waals surface area contributed by atoms with Crippen LogP contribution in [0.4, 0.5) is 4.79 Å². The summed E-state index contributed by atoms with van der Waals surface area (Å²) in [4.78, 5) is 31.7. The lowest BCUT2D eigenvalue weighted by Crippen LogP contribution is -2.29. The fraction of sp³-hybridized carbons (Fsp3) is 0.400. The van der Waals surface area contributed by atoms with Crippen molar-refractivity contribution in [2.75, 3.05) is 7.11 Å².